The molecule has 0 bridgehead atoms. The van der Waals surface area contributed by atoms with E-state index in [0.717, 1.165) is 0 Å². The first-order chi connectivity index (χ1) is 6.24. The summed E-state index contributed by atoms with van der Waals surface area (Å²) in [7, 11) is 0. The molecule has 1 heterocycles. The Bertz CT molecular complexity index is 218. The lowest BCUT2D eigenvalue weighted by molar-refractivity contribution is -0.123. The minimum atomic E-state index is -0.206. The lowest BCUT2D eigenvalue weighted by atomic mass is 10.2. The molecule has 1 atom stereocenters. The van der Waals surface area contributed by atoms with E-state index in [2.05, 4.69) is 16.6 Å². The standard InChI is InChI=1S/C9H14N2O2/c1-3-4-10-9(12)7(2)11-8-5-13-6-8/h1,7-8,11H,4-6H2,2H3,(H,10,12). The van der Waals surface area contributed by atoms with E-state index < -0.39 is 0 Å². The SMILES string of the molecule is C#CCNC(=O)C(C)NC1COC1. The van der Waals surface area contributed by atoms with Crippen LogP contribution in [0, 0.1) is 12.3 Å². The van der Waals surface area contributed by atoms with E-state index in [9.17, 15) is 4.79 Å². The monoisotopic (exact) mass is 182 g/mol. The molecule has 1 saturated heterocycles. The quantitative estimate of drug-likeness (QED) is 0.555. The lowest BCUT2D eigenvalue weighted by Gasteiger charge is -2.29. The molecule has 1 aliphatic rings. The zero-order valence-corrected chi connectivity index (χ0v) is 7.67. The zero-order valence-electron chi connectivity index (χ0n) is 7.67. The van der Waals surface area contributed by atoms with E-state index in [-0.39, 0.29) is 18.5 Å². The van der Waals surface area contributed by atoms with Crippen molar-refractivity contribution >= 4 is 5.91 Å². The summed E-state index contributed by atoms with van der Waals surface area (Å²) < 4.78 is 4.97. The number of amides is 1. The average molecular weight is 182 g/mol. The first-order valence-corrected chi connectivity index (χ1v) is 4.29. The summed E-state index contributed by atoms with van der Waals surface area (Å²) in [6.07, 6.45) is 5.01. The predicted octanol–water partition coefficient (Wildman–Crippen LogP) is -0.887. The molecule has 4 nitrogen and oxygen atoms in total. The molecule has 0 aromatic heterocycles. The fourth-order valence-electron chi connectivity index (χ4n) is 1.05. The van der Waals surface area contributed by atoms with Crippen LogP contribution in [-0.2, 0) is 9.53 Å². The van der Waals surface area contributed by atoms with E-state index in [1.165, 1.54) is 0 Å². The fraction of sp³-hybridized carbons (Fsp3) is 0.667. The van der Waals surface area contributed by atoms with Crippen molar-refractivity contribution in [3.05, 3.63) is 0 Å². The van der Waals surface area contributed by atoms with Gasteiger partial charge in [-0.15, -0.1) is 6.42 Å². The number of nitrogens with one attached hydrogen (secondary N) is 2. The van der Waals surface area contributed by atoms with Crippen LogP contribution >= 0.6 is 0 Å². The van der Waals surface area contributed by atoms with Gasteiger partial charge in [-0.25, -0.2) is 0 Å². The van der Waals surface area contributed by atoms with Crippen molar-refractivity contribution in [2.24, 2.45) is 0 Å². The molecule has 1 rings (SSSR count). The number of hydrogen-bond donors (Lipinski definition) is 2. The van der Waals surface area contributed by atoms with Crippen LogP contribution in [0.5, 0.6) is 0 Å². The Morgan fingerprint density at radius 3 is 2.92 bits per heavy atom. The molecule has 72 valence electrons. The van der Waals surface area contributed by atoms with Crippen LogP contribution in [0.2, 0.25) is 0 Å². The third kappa shape index (κ3) is 3.05. The molecule has 0 aromatic carbocycles. The maximum absolute atomic E-state index is 11.3. The van der Waals surface area contributed by atoms with E-state index in [1.807, 2.05) is 6.92 Å². The maximum atomic E-state index is 11.3. The van der Waals surface area contributed by atoms with Gasteiger partial charge in [-0.3, -0.25) is 10.1 Å². The summed E-state index contributed by atoms with van der Waals surface area (Å²) >= 11 is 0. The average Bonchev–Trinajstić information content (AvgIpc) is 2.06. The Labute approximate surface area is 78.0 Å². The molecule has 1 unspecified atom stereocenters. The molecule has 13 heavy (non-hydrogen) atoms. The number of ether oxygens (including phenoxy) is 1. The lowest BCUT2D eigenvalue weighted by Crippen LogP contribution is -2.54. The number of carbonyl (C=O) groups excluding carboxylic acids is 1. The summed E-state index contributed by atoms with van der Waals surface area (Å²) in [5, 5.41) is 5.73. The van der Waals surface area contributed by atoms with E-state index in [4.69, 9.17) is 11.2 Å². The Kier molecular flexibility index (Phi) is 3.74. The molecule has 0 aliphatic carbocycles. The van der Waals surface area contributed by atoms with Gasteiger partial charge in [-0.2, -0.15) is 0 Å². The smallest absolute Gasteiger partial charge is 0.237 e. The second-order valence-electron chi connectivity index (χ2n) is 3.04. The van der Waals surface area contributed by atoms with Crippen molar-refractivity contribution in [2.45, 2.75) is 19.0 Å². The van der Waals surface area contributed by atoms with Crippen LogP contribution in [0.15, 0.2) is 0 Å². The molecule has 0 aromatic rings. The number of hydrogen-bond acceptors (Lipinski definition) is 3. The summed E-state index contributed by atoms with van der Waals surface area (Å²) in [6.45, 7) is 3.47. The van der Waals surface area contributed by atoms with Crippen LogP contribution in [-0.4, -0.2) is 37.7 Å². The Morgan fingerprint density at radius 1 is 1.77 bits per heavy atom. The van der Waals surface area contributed by atoms with Gasteiger partial charge in [0.1, 0.15) is 0 Å². The molecule has 4 heteroatoms. The maximum Gasteiger partial charge on any atom is 0.237 e. The molecule has 1 amide bonds. The van der Waals surface area contributed by atoms with Gasteiger partial charge >= 0.3 is 0 Å². The molecule has 1 fully saturated rings. The van der Waals surface area contributed by atoms with Gasteiger partial charge in [0, 0.05) is 0 Å². The third-order valence-electron chi connectivity index (χ3n) is 1.88. The first-order valence-electron chi connectivity index (χ1n) is 4.29. The summed E-state index contributed by atoms with van der Waals surface area (Å²) in [5.41, 5.74) is 0. The highest BCUT2D eigenvalue weighted by atomic mass is 16.5. The molecule has 0 saturated carbocycles. The first kappa shape index (κ1) is 10.0. The van der Waals surface area contributed by atoms with Gasteiger partial charge in [-0.05, 0) is 6.92 Å². The minimum absolute atomic E-state index is 0.0650. The summed E-state index contributed by atoms with van der Waals surface area (Å²) in [6, 6.07) is 0.105. The highest BCUT2D eigenvalue weighted by Crippen LogP contribution is 2.00. The van der Waals surface area contributed by atoms with Gasteiger partial charge < -0.3 is 10.1 Å². The minimum Gasteiger partial charge on any atom is -0.378 e. The van der Waals surface area contributed by atoms with Gasteiger partial charge in [0.2, 0.25) is 5.91 Å². The third-order valence-corrected chi connectivity index (χ3v) is 1.88. The van der Waals surface area contributed by atoms with E-state index >= 15 is 0 Å². The van der Waals surface area contributed by atoms with Crippen LogP contribution < -0.4 is 10.6 Å². The van der Waals surface area contributed by atoms with E-state index in [0.29, 0.717) is 19.3 Å². The van der Waals surface area contributed by atoms with Crippen LogP contribution in [0.3, 0.4) is 0 Å². The Morgan fingerprint density at radius 2 is 2.46 bits per heavy atom. The molecule has 1 aliphatic heterocycles. The second-order valence-corrected chi connectivity index (χ2v) is 3.04. The van der Waals surface area contributed by atoms with Gasteiger partial charge in [0.05, 0.1) is 31.8 Å². The number of carbonyl (C=O) groups is 1. The number of terminal acetylenes is 1. The molecule has 0 spiro atoms. The van der Waals surface area contributed by atoms with Crippen LogP contribution in [0.4, 0.5) is 0 Å². The Hall–Kier alpha value is -1.05. The van der Waals surface area contributed by atoms with Crippen molar-refractivity contribution in [3.8, 4) is 12.3 Å². The van der Waals surface area contributed by atoms with Crippen molar-refractivity contribution in [1.82, 2.24) is 10.6 Å². The topological polar surface area (TPSA) is 50.4 Å². The van der Waals surface area contributed by atoms with Crippen molar-refractivity contribution < 1.29 is 9.53 Å². The second kappa shape index (κ2) is 4.85. The molecule has 0 radical (unpaired) electrons. The molecular weight excluding hydrogens is 168 g/mol. The van der Waals surface area contributed by atoms with Crippen molar-refractivity contribution in [1.29, 1.82) is 0 Å². The van der Waals surface area contributed by atoms with Crippen molar-refractivity contribution in [3.63, 3.8) is 0 Å². The largest absolute Gasteiger partial charge is 0.378 e. The zero-order chi connectivity index (χ0) is 9.68. The number of rotatable bonds is 4. The Balaban J connectivity index is 2.17. The van der Waals surface area contributed by atoms with Gasteiger partial charge in [0.25, 0.3) is 0 Å². The molecule has 2 N–H and O–H groups in total. The summed E-state index contributed by atoms with van der Waals surface area (Å²) in [5.74, 6) is 2.29. The normalized spacial score (nSPS) is 18.5. The highest BCUT2D eigenvalue weighted by Gasteiger charge is 2.22. The van der Waals surface area contributed by atoms with Crippen LogP contribution in [0.25, 0.3) is 0 Å². The summed E-state index contributed by atoms with van der Waals surface area (Å²) in [4.78, 5) is 11.3. The van der Waals surface area contributed by atoms with Gasteiger partial charge in [0.15, 0.2) is 0 Å². The van der Waals surface area contributed by atoms with E-state index in [1.54, 1.807) is 0 Å². The van der Waals surface area contributed by atoms with Crippen molar-refractivity contribution in [2.75, 3.05) is 19.8 Å². The van der Waals surface area contributed by atoms with Crippen LogP contribution in [0.1, 0.15) is 6.92 Å². The fourth-order valence-corrected chi connectivity index (χ4v) is 1.05. The predicted molar refractivity (Wildman–Crippen MR) is 49.0 cm³/mol. The highest BCUT2D eigenvalue weighted by molar-refractivity contribution is 5.81. The van der Waals surface area contributed by atoms with Gasteiger partial charge in [-0.1, -0.05) is 5.92 Å². The molecular formula is C9H14N2O2.